The fraction of sp³-hybridized carbons (Fsp3) is 0.895. The van der Waals surface area contributed by atoms with Gasteiger partial charge in [0.1, 0.15) is 0 Å². The van der Waals surface area contributed by atoms with Crippen molar-refractivity contribution >= 4 is 24.2 Å². The van der Waals surface area contributed by atoms with Gasteiger partial charge in [0.05, 0.1) is 5.41 Å². The second kappa shape index (κ2) is 8.72. The molecule has 5 nitrogen and oxygen atoms in total. The van der Waals surface area contributed by atoms with Crippen molar-refractivity contribution in [3.8, 4) is 0 Å². The number of carbonyl (C=O) groups excluding carboxylic acids is 2. The van der Waals surface area contributed by atoms with Crippen LogP contribution in [0.5, 0.6) is 0 Å². The van der Waals surface area contributed by atoms with Crippen LogP contribution in [0.2, 0.25) is 0 Å². The molecule has 6 heteroatoms. The molecule has 0 aromatic rings. The Balaban J connectivity index is 0.00000225. The van der Waals surface area contributed by atoms with Crippen LogP contribution in [0.15, 0.2) is 0 Å². The maximum absolute atomic E-state index is 13.0. The fourth-order valence-corrected chi connectivity index (χ4v) is 4.78. The Morgan fingerprint density at radius 3 is 2.08 bits per heavy atom. The molecule has 3 fully saturated rings. The van der Waals surface area contributed by atoms with Gasteiger partial charge in [-0.05, 0) is 50.5 Å². The first-order valence-corrected chi connectivity index (χ1v) is 9.81. The number of rotatable bonds is 5. The molecule has 1 saturated heterocycles. The molecule has 144 valence electrons. The highest BCUT2D eigenvalue weighted by molar-refractivity contribution is 5.90. The topological polar surface area (TPSA) is 70.2 Å². The molecule has 1 aliphatic heterocycles. The number of hydrogen-bond acceptors (Lipinski definition) is 3. The van der Waals surface area contributed by atoms with E-state index < -0.39 is 5.41 Å². The van der Waals surface area contributed by atoms with Gasteiger partial charge >= 0.3 is 0 Å². The molecular formula is C19H34ClN3O2. The van der Waals surface area contributed by atoms with Crippen molar-refractivity contribution in [3.63, 3.8) is 0 Å². The largest absolute Gasteiger partial charge is 0.353 e. The lowest BCUT2D eigenvalue weighted by Gasteiger charge is -2.30. The zero-order valence-corrected chi connectivity index (χ0v) is 16.4. The molecule has 1 heterocycles. The van der Waals surface area contributed by atoms with E-state index in [4.69, 9.17) is 0 Å². The zero-order chi connectivity index (χ0) is 17.2. The summed E-state index contributed by atoms with van der Waals surface area (Å²) >= 11 is 0. The van der Waals surface area contributed by atoms with Gasteiger partial charge in [-0.1, -0.05) is 26.7 Å². The molecule has 0 spiro atoms. The monoisotopic (exact) mass is 371 g/mol. The predicted octanol–water partition coefficient (Wildman–Crippen LogP) is 2.39. The molecule has 2 aliphatic carbocycles. The minimum Gasteiger partial charge on any atom is -0.353 e. The van der Waals surface area contributed by atoms with E-state index in [9.17, 15) is 9.59 Å². The van der Waals surface area contributed by atoms with Gasteiger partial charge in [-0.3, -0.25) is 9.59 Å². The molecule has 2 saturated carbocycles. The van der Waals surface area contributed by atoms with E-state index in [2.05, 4.69) is 29.8 Å². The first-order valence-electron chi connectivity index (χ1n) is 9.81. The van der Waals surface area contributed by atoms with Gasteiger partial charge in [0.25, 0.3) is 0 Å². The quantitative estimate of drug-likeness (QED) is 0.695. The lowest BCUT2D eigenvalue weighted by Crippen LogP contribution is -2.50. The highest BCUT2D eigenvalue weighted by Crippen LogP contribution is 2.33. The van der Waals surface area contributed by atoms with Gasteiger partial charge in [-0.15, -0.1) is 12.4 Å². The highest BCUT2D eigenvalue weighted by atomic mass is 35.5. The van der Waals surface area contributed by atoms with Crippen LogP contribution in [-0.2, 0) is 9.59 Å². The summed E-state index contributed by atoms with van der Waals surface area (Å²) in [6.45, 7) is 5.86. The normalized spacial score (nSPS) is 37.5. The SMILES string of the molecule is CC1CCCC1NC(=O)CC1(C(=O)NC2CCCC2C)CCNC1.Cl. The van der Waals surface area contributed by atoms with Gasteiger partial charge in [-0.2, -0.15) is 0 Å². The van der Waals surface area contributed by atoms with Crippen molar-refractivity contribution in [2.24, 2.45) is 17.3 Å². The van der Waals surface area contributed by atoms with Gasteiger partial charge in [0.15, 0.2) is 0 Å². The number of nitrogens with one attached hydrogen (secondary N) is 3. The molecule has 0 aromatic heterocycles. The van der Waals surface area contributed by atoms with Crippen molar-refractivity contribution < 1.29 is 9.59 Å². The highest BCUT2D eigenvalue weighted by Gasteiger charge is 2.44. The van der Waals surface area contributed by atoms with E-state index >= 15 is 0 Å². The van der Waals surface area contributed by atoms with Gasteiger partial charge in [-0.25, -0.2) is 0 Å². The van der Waals surface area contributed by atoms with Gasteiger partial charge < -0.3 is 16.0 Å². The Bertz CT molecular complexity index is 479. The van der Waals surface area contributed by atoms with E-state index in [0.29, 0.717) is 30.8 Å². The average molecular weight is 372 g/mol. The van der Waals surface area contributed by atoms with Crippen molar-refractivity contribution in [2.45, 2.75) is 77.3 Å². The molecule has 5 unspecified atom stereocenters. The molecule has 2 amide bonds. The van der Waals surface area contributed by atoms with Crippen LogP contribution < -0.4 is 16.0 Å². The minimum atomic E-state index is -0.561. The molecule has 3 rings (SSSR count). The standard InChI is InChI=1S/C19H33N3O2.ClH/c1-13-5-3-7-15(13)21-17(23)11-19(9-10-20-12-19)18(24)22-16-8-4-6-14(16)2;/h13-16,20H,3-12H2,1-2H3,(H,21,23)(H,22,24);1H. The van der Waals surface area contributed by atoms with Crippen LogP contribution in [0.3, 0.4) is 0 Å². The van der Waals surface area contributed by atoms with Crippen LogP contribution in [0.4, 0.5) is 0 Å². The first kappa shape index (κ1) is 20.5. The molecule has 0 radical (unpaired) electrons. The summed E-state index contributed by atoms with van der Waals surface area (Å²) < 4.78 is 0. The van der Waals surface area contributed by atoms with E-state index in [0.717, 1.165) is 25.8 Å². The molecule has 0 aromatic carbocycles. The summed E-state index contributed by atoms with van der Waals surface area (Å²) in [5, 5.41) is 9.75. The zero-order valence-electron chi connectivity index (χ0n) is 15.6. The fourth-order valence-electron chi connectivity index (χ4n) is 4.78. The number of amides is 2. The summed E-state index contributed by atoms with van der Waals surface area (Å²) in [5.41, 5.74) is -0.561. The van der Waals surface area contributed by atoms with Crippen molar-refractivity contribution in [2.75, 3.05) is 13.1 Å². The summed E-state index contributed by atoms with van der Waals surface area (Å²) in [6.07, 6.45) is 7.99. The molecule has 5 atom stereocenters. The third-order valence-electron chi connectivity index (χ3n) is 6.61. The van der Waals surface area contributed by atoms with Crippen LogP contribution in [0, 0.1) is 17.3 Å². The van der Waals surface area contributed by atoms with Gasteiger partial charge in [0.2, 0.25) is 11.8 Å². The first-order chi connectivity index (χ1) is 11.5. The minimum absolute atomic E-state index is 0. The average Bonchev–Trinajstić information content (AvgIpc) is 3.25. The summed E-state index contributed by atoms with van der Waals surface area (Å²) in [7, 11) is 0. The van der Waals surface area contributed by atoms with Crippen LogP contribution >= 0.6 is 12.4 Å². The summed E-state index contributed by atoms with van der Waals surface area (Å²) in [5.74, 6) is 1.24. The molecule has 3 N–H and O–H groups in total. The van der Waals surface area contributed by atoms with E-state index in [1.54, 1.807) is 0 Å². The number of halogens is 1. The van der Waals surface area contributed by atoms with Crippen molar-refractivity contribution in [1.29, 1.82) is 0 Å². The van der Waals surface area contributed by atoms with Crippen molar-refractivity contribution in [3.05, 3.63) is 0 Å². The summed E-state index contributed by atoms with van der Waals surface area (Å²) in [4.78, 5) is 25.6. The smallest absolute Gasteiger partial charge is 0.228 e. The molecule has 25 heavy (non-hydrogen) atoms. The van der Waals surface area contributed by atoms with Crippen LogP contribution in [-0.4, -0.2) is 37.0 Å². The van der Waals surface area contributed by atoms with E-state index in [-0.39, 0.29) is 30.3 Å². The predicted molar refractivity (Wildman–Crippen MR) is 102 cm³/mol. The van der Waals surface area contributed by atoms with Crippen LogP contribution in [0.25, 0.3) is 0 Å². The Kier molecular flexibility index (Phi) is 7.15. The maximum atomic E-state index is 13.0. The van der Waals surface area contributed by atoms with Crippen molar-refractivity contribution in [1.82, 2.24) is 16.0 Å². The number of hydrogen-bond donors (Lipinski definition) is 3. The second-order valence-electron chi connectivity index (χ2n) is 8.45. The van der Waals surface area contributed by atoms with E-state index in [1.165, 1.54) is 25.7 Å². The molecule has 0 bridgehead atoms. The van der Waals surface area contributed by atoms with Crippen LogP contribution in [0.1, 0.15) is 65.2 Å². The second-order valence-corrected chi connectivity index (χ2v) is 8.45. The third kappa shape index (κ3) is 4.68. The Morgan fingerprint density at radius 1 is 1.00 bits per heavy atom. The number of carbonyl (C=O) groups is 2. The molecule has 3 aliphatic rings. The maximum Gasteiger partial charge on any atom is 0.228 e. The third-order valence-corrected chi connectivity index (χ3v) is 6.61. The lowest BCUT2D eigenvalue weighted by molar-refractivity contribution is -0.136. The molecular weight excluding hydrogens is 338 g/mol. The Hall–Kier alpha value is -0.810. The Labute approximate surface area is 157 Å². The Morgan fingerprint density at radius 2 is 1.60 bits per heavy atom. The van der Waals surface area contributed by atoms with Gasteiger partial charge in [0, 0.05) is 25.0 Å². The summed E-state index contributed by atoms with van der Waals surface area (Å²) in [6, 6.07) is 0.578. The lowest BCUT2D eigenvalue weighted by atomic mass is 9.81. The van der Waals surface area contributed by atoms with E-state index in [1.807, 2.05) is 0 Å².